The highest BCUT2D eigenvalue weighted by atomic mass is 19.4. The van der Waals surface area contributed by atoms with Crippen molar-refractivity contribution >= 4 is 29.8 Å². The molecule has 0 heterocycles. The number of hydrogen-bond acceptors (Lipinski definition) is 11. The third-order valence-electron chi connectivity index (χ3n) is 10.0. The zero-order valence-electron chi connectivity index (χ0n) is 38.2. The summed E-state index contributed by atoms with van der Waals surface area (Å²) in [5.41, 5.74) is 0. The molecule has 0 amide bonds. The fourth-order valence-corrected chi connectivity index (χ4v) is 5.95. The smallest absolute Gasteiger partial charge is 0.385 e. The molecular weight excluding hydrogens is 984 g/mol. The molecule has 2 N–H and O–H groups in total. The molecule has 0 saturated heterocycles. The Bertz CT molecular complexity index is 1590. The van der Waals surface area contributed by atoms with Gasteiger partial charge in [0, 0.05) is 25.8 Å². The number of carboxylic acids is 1. The van der Waals surface area contributed by atoms with Crippen molar-refractivity contribution in [2.75, 3.05) is 53.6 Å². The van der Waals surface area contributed by atoms with E-state index in [4.69, 9.17) is 14.6 Å². The number of rotatable bonds is 39. The fraction of sp³-hybridized carbons (Fsp3) is 0.878. The Hall–Kier alpha value is -3.85. The van der Waals surface area contributed by atoms with Crippen LogP contribution < -0.4 is 5.32 Å². The zero-order valence-corrected chi connectivity index (χ0v) is 38.2. The molecule has 0 fully saturated rings. The van der Waals surface area contributed by atoms with E-state index in [0.717, 1.165) is 57.5 Å². The van der Waals surface area contributed by atoms with Gasteiger partial charge in [0.25, 0.3) is 0 Å². The monoisotopic (exact) mass is 1040 g/mol. The fourth-order valence-electron chi connectivity index (χ4n) is 5.95. The molecule has 0 bridgehead atoms. The summed E-state index contributed by atoms with van der Waals surface area (Å²) in [6, 6.07) is 0. The number of carboxylic acid groups (broad SMARTS) is 1. The molecule has 0 aliphatic carbocycles. The van der Waals surface area contributed by atoms with Gasteiger partial charge < -0.3 is 29.4 Å². The van der Waals surface area contributed by atoms with Gasteiger partial charge in [-0.2, -0.15) is 70.2 Å². The van der Waals surface area contributed by atoms with E-state index in [-0.39, 0.29) is 38.8 Å². The number of likely N-dealkylation sites (N-methyl/N-ethyl adjacent to an activating group) is 1. The standard InChI is InChI=1S/C41H60F16N2O10/c1-4-5-6-7-10-13-16-19-30(62)66-25-28(22-58-23-29(60)61)69-32(64)21-18-15-12-9-8-11-14-17-20-31(63)67-26-34(42,43)36(46,47)38(50,51)40(54,55)41(56,57)39(52,53)37(48,49)35(44,45)27-68-33(65)24-59(2)3/h28,58H,4-27H2,1-3H3,(H,60,61). The number of unbranched alkanes of at least 4 members (excludes halogenated alkanes) is 13. The van der Waals surface area contributed by atoms with Crippen LogP contribution >= 0.6 is 0 Å². The van der Waals surface area contributed by atoms with Gasteiger partial charge in [0.15, 0.2) is 13.2 Å². The van der Waals surface area contributed by atoms with E-state index in [0.29, 0.717) is 44.9 Å². The van der Waals surface area contributed by atoms with Gasteiger partial charge in [-0.15, -0.1) is 0 Å². The first kappa shape index (κ1) is 65.1. The Balaban J connectivity index is 4.99. The molecule has 0 aliphatic rings. The molecule has 28 heteroatoms. The number of carbonyl (C=O) groups excluding carboxylic acids is 4. The molecule has 0 radical (unpaired) electrons. The first-order valence-electron chi connectivity index (χ1n) is 21.9. The van der Waals surface area contributed by atoms with Crippen LogP contribution in [0.2, 0.25) is 0 Å². The second-order valence-electron chi connectivity index (χ2n) is 16.4. The molecule has 0 rings (SSSR count). The van der Waals surface area contributed by atoms with Gasteiger partial charge in [0.05, 0.1) is 13.1 Å². The van der Waals surface area contributed by atoms with Gasteiger partial charge in [-0.25, -0.2) is 0 Å². The summed E-state index contributed by atoms with van der Waals surface area (Å²) < 4.78 is 245. The van der Waals surface area contributed by atoms with E-state index in [1.807, 2.05) is 0 Å². The number of esters is 4. The predicted molar refractivity (Wildman–Crippen MR) is 210 cm³/mol. The number of nitrogens with one attached hydrogen (secondary N) is 1. The average Bonchev–Trinajstić information content (AvgIpc) is 3.23. The first-order valence-corrected chi connectivity index (χ1v) is 21.9. The van der Waals surface area contributed by atoms with Crippen molar-refractivity contribution in [1.82, 2.24) is 10.2 Å². The van der Waals surface area contributed by atoms with Crippen LogP contribution in [0.5, 0.6) is 0 Å². The van der Waals surface area contributed by atoms with Gasteiger partial charge in [0.1, 0.15) is 12.7 Å². The minimum Gasteiger partial charge on any atom is -0.480 e. The molecule has 0 aliphatic heterocycles. The number of alkyl halides is 16. The number of hydrogen-bond donors (Lipinski definition) is 2. The van der Waals surface area contributed by atoms with Gasteiger partial charge in [-0.05, 0) is 33.4 Å². The van der Waals surface area contributed by atoms with E-state index < -0.39 is 116 Å². The van der Waals surface area contributed by atoms with Gasteiger partial charge >= 0.3 is 77.2 Å². The summed E-state index contributed by atoms with van der Waals surface area (Å²) in [6.45, 7) is -6.30. The lowest BCUT2D eigenvalue weighted by Crippen LogP contribution is -2.75. The molecule has 12 nitrogen and oxygen atoms in total. The molecule has 406 valence electrons. The van der Waals surface area contributed by atoms with Gasteiger partial charge in [-0.1, -0.05) is 84.0 Å². The molecule has 0 aromatic rings. The van der Waals surface area contributed by atoms with Crippen LogP contribution in [0.4, 0.5) is 70.2 Å². The Kier molecular flexibility index (Phi) is 27.3. The van der Waals surface area contributed by atoms with Crippen molar-refractivity contribution < 1.29 is 118 Å². The molecule has 1 atom stereocenters. The summed E-state index contributed by atoms with van der Waals surface area (Å²) >= 11 is 0. The number of aliphatic carboxylic acids is 1. The normalized spacial score (nSPS) is 13.9. The third-order valence-corrected chi connectivity index (χ3v) is 10.0. The molecule has 0 saturated carbocycles. The third kappa shape index (κ3) is 19.7. The highest BCUT2D eigenvalue weighted by Gasteiger charge is 2.95. The summed E-state index contributed by atoms with van der Waals surface area (Å²) in [4.78, 5) is 59.3. The number of nitrogens with zero attached hydrogens (tertiary/aromatic N) is 1. The topological polar surface area (TPSA) is 158 Å². The summed E-state index contributed by atoms with van der Waals surface area (Å²) in [7, 11) is 2.09. The largest absolute Gasteiger partial charge is 0.480 e. The number of carbonyl (C=O) groups is 5. The van der Waals surface area contributed by atoms with Crippen LogP contribution in [0.15, 0.2) is 0 Å². The highest BCUT2D eigenvalue weighted by molar-refractivity contribution is 5.72. The lowest BCUT2D eigenvalue weighted by molar-refractivity contribution is -0.454. The van der Waals surface area contributed by atoms with Crippen molar-refractivity contribution in [3.05, 3.63) is 0 Å². The molecule has 1 unspecified atom stereocenters. The van der Waals surface area contributed by atoms with Gasteiger partial charge in [0.2, 0.25) is 0 Å². The van der Waals surface area contributed by atoms with Crippen LogP contribution in [-0.2, 0) is 42.9 Å². The van der Waals surface area contributed by atoms with E-state index in [1.54, 1.807) is 0 Å². The molecule has 69 heavy (non-hydrogen) atoms. The van der Waals surface area contributed by atoms with Crippen LogP contribution in [0.25, 0.3) is 0 Å². The summed E-state index contributed by atoms with van der Waals surface area (Å²) in [5, 5.41) is 11.4. The number of ether oxygens (including phenoxy) is 4. The van der Waals surface area contributed by atoms with Gasteiger partial charge in [-0.3, -0.25) is 28.9 Å². The van der Waals surface area contributed by atoms with Crippen molar-refractivity contribution in [1.29, 1.82) is 0 Å². The maximum Gasteiger partial charge on any atom is 0.385 e. The lowest BCUT2D eigenvalue weighted by Gasteiger charge is -2.43. The second-order valence-corrected chi connectivity index (χ2v) is 16.4. The molecular formula is C41H60F16N2O10. The van der Waals surface area contributed by atoms with Crippen LogP contribution in [-0.4, -0.2) is 147 Å². The second kappa shape index (κ2) is 28.9. The van der Waals surface area contributed by atoms with E-state index in [1.165, 1.54) is 0 Å². The van der Waals surface area contributed by atoms with Crippen molar-refractivity contribution in [2.24, 2.45) is 0 Å². The molecule has 0 aromatic heterocycles. The Morgan fingerprint density at radius 2 is 0.812 bits per heavy atom. The SMILES string of the molecule is CCCCCCCCCC(=O)OCC(CNCC(=O)O)OC(=O)CCCCCCCCCCC(=O)OCC(F)(F)C(F)(F)C(F)(F)C(F)(F)C(F)(F)C(F)(F)C(F)(F)C(F)(F)COC(=O)CN(C)C. The molecule has 0 aromatic carbocycles. The summed E-state index contributed by atoms with van der Waals surface area (Å²) in [6.07, 6.45) is 7.85. The van der Waals surface area contributed by atoms with Crippen LogP contribution in [0.3, 0.4) is 0 Å². The average molecular weight is 1040 g/mol. The van der Waals surface area contributed by atoms with Crippen LogP contribution in [0.1, 0.15) is 122 Å². The van der Waals surface area contributed by atoms with Crippen molar-refractivity contribution in [3.63, 3.8) is 0 Å². The first-order chi connectivity index (χ1) is 31.6. The Labute approximate surface area is 387 Å². The minimum absolute atomic E-state index is 0.0453. The zero-order chi connectivity index (χ0) is 53.5. The number of halogens is 16. The Morgan fingerprint density at radius 1 is 0.478 bits per heavy atom. The van der Waals surface area contributed by atoms with E-state index >= 15 is 0 Å². The predicted octanol–water partition coefficient (Wildman–Crippen LogP) is 9.89. The van der Waals surface area contributed by atoms with Crippen molar-refractivity contribution in [2.45, 2.75) is 176 Å². The Morgan fingerprint density at radius 3 is 1.19 bits per heavy atom. The van der Waals surface area contributed by atoms with E-state index in [2.05, 4.69) is 21.7 Å². The maximum absolute atomic E-state index is 14.3. The quantitative estimate of drug-likeness (QED) is 0.0260. The van der Waals surface area contributed by atoms with E-state index in [9.17, 15) is 94.2 Å². The summed E-state index contributed by atoms with van der Waals surface area (Å²) in [5.74, 6) is -69.7. The highest BCUT2D eigenvalue weighted by Crippen LogP contribution is 2.63. The maximum atomic E-state index is 14.3. The minimum atomic E-state index is -8.67. The molecule has 0 spiro atoms. The van der Waals surface area contributed by atoms with Crippen LogP contribution in [0, 0.1) is 0 Å². The lowest BCUT2D eigenvalue weighted by atomic mass is 9.88. The van der Waals surface area contributed by atoms with Crippen molar-refractivity contribution in [3.8, 4) is 0 Å².